The van der Waals surface area contributed by atoms with Gasteiger partial charge in [-0.3, -0.25) is 0 Å². The molecule has 17 heavy (non-hydrogen) atoms. The Balaban J connectivity index is 0.000000686. The summed E-state index contributed by atoms with van der Waals surface area (Å²) in [6.07, 6.45) is 0. The third-order valence-corrected chi connectivity index (χ3v) is 2.64. The van der Waals surface area contributed by atoms with Crippen molar-refractivity contribution < 1.29 is 4.79 Å². The van der Waals surface area contributed by atoms with Crippen LogP contribution in [0.3, 0.4) is 0 Å². The molecule has 2 rings (SSSR count). The number of carbonyl (C=O) groups is 1. The van der Waals surface area contributed by atoms with Gasteiger partial charge in [0, 0.05) is 12.5 Å². The molecule has 0 unspecified atom stereocenters. The normalized spacial score (nSPS) is 9.53. The van der Waals surface area contributed by atoms with Gasteiger partial charge >= 0.3 is 0 Å². The highest BCUT2D eigenvalue weighted by atomic mass is 16.1. The fraction of sp³-hybridized carbons (Fsp3) is 0.133. The molecule has 2 nitrogen and oxygen atoms in total. The molecule has 0 aliphatic heterocycles. The highest BCUT2D eigenvalue weighted by Gasteiger charge is 2.10. The summed E-state index contributed by atoms with van der Waals surface area (Å²) in [5.41, 5.74) is 8.40. The SMILES string of the molecule is C=O.NCC(c1ccccc1)c1ccccc1. The molecule has 0 heterocycles. The predicted octanol–water partition coefficient (Wildman–Crippen LogP) is 2.59. The summed E-state index contributed by atoms with van der Waals surface area (Å²) in [6, 6.07) is 20.8. The van der Waals surface area contributed by atoms with Crippen molar-refractivity contribution >= 4 is 6.79 Å². The lowest BCUT2D eigenvalue weighted by Crippen LogP contribution is -2.13. The van der Waals surface area contributed by atoms with E-state index in [2.05, 4.69) is 48.5 Å². The number of hydrogen-bond acceptors (Lipinski definition) is 2. The Kier molecular flexibility index (Phi) is 5.69. The molecule has 2 aromatic rings. The standard InChI is InChI=1S/C14H15N.CH2O/c15-11-14(12-7-3-1-4-8-12)13-9-5-2-6-10-13;1-2/h1-10,14H,11,15H2;1H2. The van der Waals surface area contributed by atoms with Gasteiger partial charge in [-0.2, -0.15) is 0 Å². The van der Waals surface area contributed by atoms with Crippen LogP contribution < -0.4 is 5.73 Å². The fourth-order valence-electron chi connectivity index (χ4n) is 1.84. The van der Waals surface area contributed by atoms with E-state index in [1.54, 1.807) is 0 Å². The third-order valence-electron chi connectivity index (χ3n) is 2.64. The zero-order chi connectivity index (χ0) is 12.5. The number of nitrogens with two attached hydrogens (primary N) is 1. The maximum atomic E-state index is 8.00. The van der Waals surface area contributed by atoms with Crippen LogP contribution in [0, 0.1) is 0 Å². The van der Waals surface area contributed by atoms with Crippen LogP contribution in [0.5, 0.6) is 0 Å². The summed E-state index contributed by atoms with van der Waals surface area (Å²) >= 11 is 0. The van der Waals surface area contributed by atoms with Crippen LogP contribution in [0.15, 0.2) is 60.7 Å². The van der Waals surface area contributed by atoms with Crippen molar-refractivity contribution in [2.24, 2.45) is 5.73 Å². The van der Waals surface area contributed by atoms with Gasteiger partial charge in [0.05, 0.1) is 0 Å². The van der Waals surface area contributed by atoms with Gasteiger partial charge in [-0.15, -0.1) is 0 Å². The van der Waals surface area contributed by atoms with Crippen molar-refractivity contribution in [1.29, 1.82) is 0 Å². The number of carbonyl (C=O) groups excluding carboxylic acids is 1. The van der Waals surface area contributed by atoms with Crippen molar-refractivity contribution in [2.45, 2.75) is 5.92 Å². The van der Waals surface area contributed by atoms with Crippen LogP contribution >= 0.6 is 0 Å². The summed E-state index contributed by atoms with van der Waals surface area (Å²) in [7, 11) is 0. The molecular formula is C15H17NO. The minimum Gasteiger partial charge on any atom is -0.330 e. The van der Waals surface area contributed by atoms with Crippen LogP contribution in [0.25, 0.3) is 0 Å². The predicted molar refractivity (Wildman–Crippen MR) is 70.9 cm³/mol. The Hall–Kier alpha value is -1.93. The van der Waals surface area contributed by atoms with Crippen molar-refractivity contribution in [3.63, 3.8) is 0 Å². The van der Waals surface area contributed by atoms with Gasteiger partial charge in [-0.05, 0) is 11.1 Å². The quantitative estimate of drug-likeness (QED) is 0.875. The molecule has 0 bridgehead atoms. The second kappa shape index (κ2) is 7.36. The molecule has 88 valence electrons. The summed E-state index contributed by atoms with van der Waals surface area (Å²) < 4.78 is 0. The van der Waals surface area contributed by atoms with Crippen molar-refractivity contribution in [3.8, 4) is 0 Å². The van der Waals surface area contributed by atoms with Gasteiger partial charge in [0.15, 0.2) is 0 Å². The first-order valence-corrected chi connectivity index (χ1v) is 5.50. The van der Waals surface area contributed by atoms with Crippen LogP contribution in [-0.2, 0) is 4.79 Å². The van der Waals surface area contributed by atoms with Crippen molar-refractivity contribution in [2.75, 3.05) is 6.54 Å². The van der Waals surface area contributed by atoms with Gasteiger partial charge < -0.3 is 10.5 Å². The maximum absolute atomic E-state index is 8.00. The first kappa shape index (κ1) is 13.1. The molecule has 0 atom stereocenters. The molecule has 0 aliphatic rings. The van der Waals surface area contributed by atoms with E-state index < -0.39 is 0 Å². The second-order valence-corrected chi connectivity index (χ2v) is 3.61. The van der Waals surface area contributed by atoms with E-state index in [0.29, 0.717) is 12.5 Å². The monoisotopic (exact) mass is 227 g/mol. The largest absolute Gasteiger partial charge is 0.330 e. The van der Waals surface area contributed by atoms with E-state index in [0.717, 1.165) is 0 Å². The molecule has 2 aromatic carbocycles. The summed E-state index contributed by atoms with van der Waals surface area (Å²) in [5.74, 6) is 0.312. The van der Waals surface area contributed by atoms with Crippen LogP contribution in [0.1, 0.15) is 17.0 Å². The molecule has 2 heteroatoms. The summed E-state index contributed by atoms with van der Waals surface area (Å²) in [5, 5.41) is 0. The lowest BCUT2D eigenvalue weighted by molar-refractivity contribution is -0.0979. The molecular weight excluding hydrogens is 210 g/mol. The van der Waals surface area contributed by atoms with Gasteiger partial charge in [0.1, 0.15) is 6.79 Å². The molecule has 0 radical (unpaired) electrons. The summed E-state index contributed by atoms with van der Waals surface area (Å²) in [4.78, 5) is 8.00. The highest BCUT2D eigenvalue weighted by Crippen LogP contribution is 2.22. The topological polar surface area (TPSA) is 43.1 Å². The van der Waals surface area contributed by atoms with E-state index in [1.807, 2.05) is 18.9 Å². The molecule has 0 fully saturated rings. The number of benzene rings is 2. The lowest BCUT2D eigenvalue weighted by atomic mass is 9.92. The van der Waals surface area contributed by atoms with E-state index >= 15 is 0 Å². The zero-order valence-electron chi connectivity index (χ0n) is 9.75. The van der Waals surface area contributed by atoms with Crippen LogP contribution in [0.4, 0.5) is 0 Å². The molecule has 0 saturated heterocycles. The van der Waals surface area contributed by atoms with E-state index in [4.69, 9.17) is 10.5 Å². The van der Waals surface area contributed by atoms with Crippen LogP contribution in [-0.4, -0.2) is 13.3 Å². The molecule has 0 aliphatic carbocycles. The van der Waals surface area contributed by atoms with E-state index in [9.17, 15) is 0 Å². The Morgan fingerprint density at radius 3 is 1.47 bits per heavy atom. The van der Waals surface area contributed by atoms with E-state index in [1.165, 1.54) is 11.1 Å². The van der Waals surface area contributed by atoms with Crippen molar-refractivity contribution in [1.82, 2.24) is 0 Å². The number of hydrogen-bond donors (Lipinski definition) is 1. The highest BCUT2D eigenvalue weighted by molar-refractivity contribution is 5.32. The first-order chi connectivity index (χ1) is 8.42. The molecule has 0 spiro atoms. The Bertz CT molecular complexity index is 374. The molecule has 0 aromatic heterocycles. The third kappa shape index (κ3) is 3.54. The average Bonchev–Trinajstić information content (AvgIpc) is 2.44. The minimum absolute atomic E-state index is 0.312. The maximum Gasteiger partial charge on any atom is 0.106 e. The number of rotatable bonds is 3. The molecule has 0 saturated carbocycles. The van der Waals surface area contributed by atoms with Gasteiger partial charge in [-0.1, -0.05) is 60.7 Å². The Morgan fingerprint density at radius 2 is 1.18 bits per heavy atom. The van der Waals surface area contributed by atoms with Gasteiger partial charge in [0.25, 0.3) is 0 Å². The Morgan fingerprint density at radius 1 is 0.824 bits per heavy atom. The van der Waals surface area contributed by atoms with Crippen molar-refractivity contribution in [3.05, 3.63) is 71.8 Å². The van der Waals surface area contributed by atoms with Crippen LogP contribution in [0.2, 0.25) is 0 Å². The minimum atomic E-state index is 0.312. The van der Waals surface area contributed by atoms with Gasteiger partial charge in [0.2, 0.25) is 0 Å². The fourth-order valence-corrected chi connectivity index (χ4v) is 1.84. The van der Waals surface area contributed by atoms with Gasteiger partial charge in [-0.25, -0.2) is 0 Å². The first-order valence-electron chi connectivity index (χ1n) is 5.50. The Labute approximate surface area is 102 Å². The lowest BCUT2D eigenvalue weighted by Gasteiger charge is -2.15. The smallest absolute Gasteiger partial charge is 0.106 e. The second-order valence-electron chi connectivity index (χ2n) is 3.61. The summed E-state index contributed by atoms with van der Waals surface area (Å²) in [6.45, 7) is 2.65. The zero-order valence-corrected chi connectivity index (χ0v) is 9.75. The molecule has 0 amide bonds. The van der Waals surface area contributed by atoms with E-state index in [-0.39, 0.29) is 0 Å². The average molecular weight is 227 g/mol. The molecule has 2 N–H and O–H groups in total.